The van der Waals surface area contributed by atoms with E-state index in [2.05, 4.69) is 0 Å². The van der Waals surface area contributed by atoms with Crippen LogP contribution in [0.3, 0.4) is 0 Å². The lowest BCUT2D eigenvalue weighted by Gasteiger charge is -2.27. The molecule has 1 atom stereocenters. The minimum atomic E-state index is -0.967. The van der Waals surface area contributed by atoms with Crippen LogP contribution in [0.15, 0.2) is 24.3 Å². The van der Waals surface area contributed by atoms with E-state index in [0.717, 1.165) is 5.56 Å². The molecule has 20 heavy (non-hydrogen) atoms. The number of amides is 2. The molecule has 2 rings (SSSR count). The lowest BCUT2D eigenvalue weighted by molar-refractivity contribution is -0.141. The third-order valence-corrected chi connectivity index (χ3v) is 3.44. The van der Waals surface area contributed by atoms with Gasteiger partial charge in [-0.2, -0.15) is 0 Å². The van der Waals surface area contributed by atoms with E-state index in [0.29, 0.717) is 25.9 Å². The second-order valence-corrected chi connectivity index (χ2v) is 4.95. The van der Waals surface area contributed by atoms with Crippen molar-refractivity contribution in [3.05, 3.63) is 35.6 Å². The number of carboxylic acid groups (broad SMARTS) is 1. The Hall–Kier alpha value is -2.11. The Labute approximate surface area is 116 Å². The standard InChI is InChI=1S/C14H17FN2O3/c1-16(9-10-4-6-11(15)7-5-10)14(20)17-8-2-3-12(17)13(18)19/h4-7,12H,2-3,8-9H2,1H3,(H,18,19)/t12-/m0/s1. The predicted octanol–water partition coefficient (Wildman–Crippen LogP) is 1.93. The first-order valence-electron chi connectivity index (χ1n) is 6.48. The smallest absolute Gasteiger partial charge is 0.326 e. The Kier molecular flexibility index (Phi) is 4.22. The monoisotopic (exact) mass is 280 g/mol. The van der Waals surface area contributed by atoms with Crippen LogP contribution < -0.4 is 0 Å². The fraction of sp³-hybridized carbons (Fsp3) is 0.429. The average Bonchev–Trinajstić information content (AvgIpc) is 2.90. The van der Waals surface area contributed by atoms with Crippen LogP contribution in [0.4, 0.5) is 9.18 Å². The second-order valence-electron chi connectivity index (χ2n) is 4.95. The highest BCUT2D eigenvalue weighted by atomic mass is 19.1. The van der Waals surface area contributed by atoms with Crippen LogP contribution in [-0.4, -0.2) is 46.5 Å². The van der Waals surface area contributed by atoms with E-state index in [1.165, 1.54) is 21.9 Å². The highest BCUT2D eigenvalue weighted by Gasteiger charge is 2.35. The SMILES string of the molecule is CN(Cc1ccc(F)cc1)C(=O)N1CCC[C@H]1C(=O)O. The molecule has 1 aromatic carbocycles. The summed E-state index contributed by atoms with van der Waals surface area (Å²) in [7, 11) is 1.61. The minimum Gasteiger partial charge on any atom is -0.480 e. The summed E-state index contributed by atoms with van der Waals surface area (Å²) < 4.78 is 12.8. The normalized spacial score (nSPS) is 18.1. The molecular formula is C14H17FN2O3. The van der Waals surface area contributed by atoms with E-state index in [4.69, 9.17) is 5.11 Å². The van der Waals surface area contributed by atoms with Gasteiger partial charge in [0.2, 0.25) is 0 Å². The second kappa shape index (κ2) is 5.90. The molecule has 108 valence electrons. The molecule has 0 saturated carbocycles. The van der Waals surface area contributed by atoms with Crippen LogP contribution in [0.5, 0.6) is 0 Å². The molecule has 5 nitrogen and oxygen atoms in total. The Morgan fingerprint density at radius 2 is 2.05 bits per heavy atom. The topological polar surface area (TPSA) is 60.9 Å². The van der Waals surface area contributed by atoms with Gasteiger partial charge in [-0.05, 0) is 30.5 Å². The lowest BCUT2D eigenvalue weighted by Crippen LogP contribution is -2.46. The number of carbonyl (C=O) groups is 2. The summed E-state index contributed by atoms with van der Waals surface area (Å²) in [5.74, 6) is -1.29. The number of likely N-dealkylation sites (tertiary alicyclic amines) is 1. The van der Waals surface area contributed by atoms with Crippen molar-refractivity contribution in [2.45, 2.75) is 25.4 Å². The van der Waals surface area contributed by atoms with Gasteiger partial charge in [-0.25, -0.2) is 14.0 Å². The molecule has 0 aliphatic carbocycles. The molecule has 6 heteroatoms. The molecule has 1 N–H and O–H groups in total. The van der Waals surface area contributed by atoms with Crippen molar-refractivity contribution >= 4 is 12.0 Å². The maximum Gasteiger partial charge on any atom is 0.326 e. The molecule has 1 aliphatic rings. The Balaban J connectivity index is 2.01. The number of hydrogen-bond donors (Lipinski definition) is 1. The highest BCUT2D eigenvalue weighted by molar-refractivity contribution is 5.83. The molecule has 0 radical (unpaired) electrons. The molecule has 1 heterocycles. The van der Waals surface area contributed by atoms with Gasteiger partial charge in [0.25, 0.3) is 0 Å². The Morgan fingerprint density at radius 3 is 2.65 bits per heavy atom. The third kappa shape index (κ3) is 3.07. The lowest BCUT2D eigenvalue weighted by atomic mass is 10.2. The maximum absolute atomic E-state index is 12.8. The molecule has 1 fully saturated rings. The van der Waals surface area contributed by atoms with Crippen molar-refractivity contribution in [3.63, 3.8) is 0 Å². The third-order valence-electron chi connectivity index (χ3n) is 3.44. The van der Waals surface area contributed by atoms with E-state index in [-0.39, 0.29) is 11.8 Å². The number of carboxylic acids is 1. The van der Waals surface area contributed by atoms with Gasteiger partial charge in [0.05, 0.1) is 0 Å². The van der Waals surface area contributed by atoms with Gasteiger partial charge in [0.15, 0.2) is 0 Å². The number of carbonyl (C=O) groups excluding carboxylic acids is 1. The molecule has 2 amide bonds. The summed E-state index contributed by atoms with van der Waals surface area (Å²) in [5.41, 5.74) is 0.799. The van der Waals surface area contributed by atoms with Gasteiger partial charge < -0.3 is 14.9 Å². The van der Waals surface area contributed by atoms with Crippen molar-refractivity contribution in [1.82, 2.24) is 9.80 Å². The van der Waals surface area contributed by atoms with Crippen LogP contribution >= 0.6 is 0 Å². The van der Waals surface area contributed by atoms with Gasteiger partial charge in [-0.15, -0.1) is 0 Å². The molecule has 0 unspecified atom stereocenters. The average molecular weight is 280 g/mol. The number of halogens is 1. The fourth-order valence-corrected chi connectivity index (χ4v) is 2.40. The molecule has 1 aromatic rings. The zero-order valence-electron chi connectivity index (χ0n) is 11.3. The van der Waals surface area contributed by atoms with Crippen LogP contribution in [0.2, 0.25) is 0 Å². The molecule has 0 spiro atoms. The van der Waals surface area contributed by atoms with Gasteiger partial charge in [-0.1, -0.05) is 12.1 Å². The fourth-order valence-electron chi connectivity index (χ4n) is 2.40. The zero-order chi connectivity index (χ0) is 14.7. The zero-order valence-corrected chi connectivity index (χ0v) is 11.3. The first kappa shape index (κ1) is 14.3. The number of aliphatic carboxylic acids is 1. The molecule has 1 aliphatic heterocycles. The van der Waals surface area contributed by atoms with Crippen LogP contribution in [0.1, 0.15) is 18.4 Å². The van der Waals surface area contributed by atoms with Gasteiger partial charge >= 0.3 is 12.0 Å². The Bertz CT molecular complexity index is 504. The predicted molar refractivity (Wildman–Crippen MR) is 70.6 cm³/mol. The molecule has 0 bridgehead atoms. The number of rotatable bonds is 3. The highest BCUT2D eigenvalue weighted by Crippen LogP contribution is 2.19. The largest absolute Gasteiger partial charge is 0.480 e. The van der Waals surface area contributed by atoms with Crippen LogP contribution in [0, 0.1) is 5.82 Å². The van der Waals surface area contributed by atoms with Crippen LogP contribution in [-0.2, 0) is 11.3 Å². The first-order valence-corrected chi connectivity index (χ1v) is 6.48. The van der Waals surface area contributed by atoms with Gasteiger partial charge in [0.1, 0.15) is 11.9 Å². The van der Waals surface area contributed by atoms with Gasteiger partial charge in [0, 0.05) is 20.1 Å². The van der Waals surface area contributed by atoms with Crippen molar-refractivity contribution in [2.75, 3.05) is 13.6 Å². The van der Waals surface area contributed by atoms with Crippen molar-refractivity contribution in [3.8, 4) is 0 Å². The quantitative estimate of drug-likeness (QED) is 0.920. The number of benzene rings is 1. The van der Waals surface area contributed by atoms with Crippen LogP contribution in [0.25, 0.3) is 0 Å². The van der Waals surface area contributed by atoms with Crippen molar-refractivity contribution in [1.29, 1.82) is 0 Å². The maximum atomic E-state index is 12.8. The number of urea groups is 1. The van der Waals surface area contributed by atoms with Crippen molar-refractivity contribution in [2.24, 2.45) is 0 Å². The first-order chi connectivity index (χ1) is 9.49. The van der Waals surface area contributed by atoms with E-state index < -0.39 is 12.0 Å². The summed E-state index contributed by atoms with van der Waals surface area (Å²) in [5, 5.41) is 9.08. The van der Waals surface area contributed by atoms with Gasteiger partial charge in [-0.3, -0.25) is 0 Å². The summed E-state index contributed by atoms with van der Waals surface area (Å²) in [4.78, 5) is 26.2. The number of hydrogen-bond acceptors (Lipinski definition) is 2. The molecule has 1 saturated heterocycles. The number of nitrogens with zero attached hydrogens (tertiary/aromatic N) is 2. The minimum absolute atomic E-state index is 0.306. The Morgan fingerprint density at radius 1 is 1.40 bits per heavy atom. The van der Waals surface area contributed by atoms with E-state index in [9.17, 15) is 14.0 Å². The summed E-state index contributed by atoms with van der Waals surface area (Å²) in [6.07, 6.45) is 1.19. The summed E-state index contributed by atoms with van der Waals surface area (Å²) >= 11 is 0. The van der Waals surface area contributed by atoms with E-state index >= 15 is 0 Å². The van der Waals surface area contributed by atoms with E-state index in [1.54, 1.807) is 19.2 Å². The molecule has 0 aromatic heterocycles. The summed E-state index contributed by atoms with van der Waals surface area (Å²) in [6, 6.07) is 4.85. The van der Waals surface area contributed by atoms with E-state index in [1.807, 2.05) is 0 Å². The molecular weight excluding hydrogens is 263 g/mol. The summed E-state index contributed by atoms with van der Waals surface area (Å²) in [6.45, 7) is 0.783. The van der Waals surface area contributed by atoms with Crippen molar-refractivity contribution < 1.29 is 19.1 Å².